The molecule has 0 unspecified atom stereocenters. The molecule has 1 aromatic carbocycles. The van der Waals surface area contributed by atoms with Crippen molar-refractivity contribution in [2.75, 3.05) is 14.2 Å². The van der Waals surface area contributed by atoms with Crippen LogP contribution >= 0.6 is 0 Å². The molecule has 4 nitrogen and oxygen atoms in total. The molecule has 4 heteroatoms. The second kappa shape index (κ2) is 7.18. The fourth-order valence-corrected chi connectivity index (χ4v) is 2.44. The van der Waals surface area contributed by atoms with E-state index >= 15 is 0 Å². The Bertz CT molecular complexity index is 679. The number of ketones is 1. The van der Waals surface area contributed by atoms with Crippen LogP contribution in [0.3, 0.4) is 0 Å². The van der Waals surface area contributed by atoms with E-state index in [0.29, 0.717) is 40.7 Å². The number of methoxy groups -OCH3 is 2. The number of Topliss-reactive ketones (excluding diaryl/α,β-unsaturated/α-hetero) is 1. The third-order valence-corrected chi connectivity index (χ3v) is 3.92. The second-order valence-corrected chi connectivity index (χ2v) is 5.72. The highest BCUT2D eigenvalue weighted by Crippen LogP contribution is 2.25. The lowest BCUT2D eigenvalue weighted by Crippen LogP contribution is -2.12. The van der Waals surface area contributed by atoms with E-state index in [4.69, 9.17) is 15.2 Å². The zero-order valence-corrected chi connectivity index (χ0v) is 14.1. The van der Waals surface area contributed by atoms with Crippen LogP contribution in [-0.2, 0) is 9.47 Å². The molecule has 0 spiro atoms. The topological polar surface area (TPSA) is 61.6 Å². The van der Waals surface area contributed by atoms with E-state index in [2.05, 4.69) is 13.8 Å². The Kier molecular flexibility index (Phi) is 5.27. The number of carbonyl (C=O) groups excluding carboxylic acids is 1. The lowest BCUT2D eigenvalue weighted by molar-refractivity contribution is 0.103. The Balaban J connectivity index is 2.39. The first-order valence-electron chi connectivity index (χ1n) is 7.61. The lowest BCUT2D eigenvalue weighted by atomic mass is 9.96. The highest BCUT2D eigenvalue weighted by Gasteiger charge is 2.20. The Morgan fingerprint density at radius 2 is 1.78 bits per heavy atom. The zero-order valence-electron chi connectivity index (χ0n) is 14.1. The summed E-state index contributed by atoms with van der Waals surface area (Å²) in [6.07, 6.45) is 3.92. The molecule has 0 aromatic heterocycles. The molecule has 1 aliphatic carbocycles. The second-order valence-electron chi connectivity index (χ2n) is 5.72. The van der Waals surface area contributed by atoms with Gasteiger partial charge in [0.15, 0.2) is 11.5 Å². The summed E-state index contributed by atoms with van der Waals surface area (Å²) in [6.45, 7) is 4.24. The van der Waals surface area contributed by atoms with Crippen molar-refractivity contribution >= 4 is 5.78 Å². The average molecular weight is 313 g/mol. The molecule has 0 heterocycles. The van der Waals surface area contributed by atoms with E-state index in [9.17, 15) is 4.79 Å². The Hall–Kier alpha value is -2.49. The average Bonchev–Trinajstić information content (AvgIpc) is 2.72. The van der Waals surface area contributed by atoms with E-state index in [1.54, 1.807) is 26.4 Å². The molecule has 122 valence electrons. The van der Waals surface area contributed by atoms with Crippen LogP contribution in [0.15, 0.2) is 59.2 Å². The van der Waals surface area contributed by atoms with E-state index in [1.165, 1.54) is 5.56 Å². The van der Waals surface area contributed by atoms with Crippen LogP contribution < -0.4 is 5.73 Å². The van der Waals surface area contributed by atoms with Crippen molar-refractivity contribution in [1.29, 1.82) is 0 Å². The van der Waals surface area contributed by atoms with Crippen LogP contribution in [0.5, 0.6) is 0 Å². The maximum atomic E-state index is 12.8. The van der Waals surface area contributed by atoms with Gasteiger partial charge in [-0.2, -0.15) is 0 Å². The van der Waals surface area contributed by atoms with Crippen molar-refractivity contribution in [2.24, 2.45) is 5.73 Å². The molecule has 0 fully saturated rings. The van der Waals surface area contributed by atoms with Crippen molar-refractivity contribution in [3.8, 4) is 0 Å². The van der Waals surface area contributed by atoms with Crippen LogP contribution in [0.4, 0.5) is 0 Å². The summed E-state index contributed by atoms with van der Waals surface area (Å²) >= 11 is 0. The third-order valence-electron chi connectivity index (χ3n) is 3.92. The number of rotatable bonds is 5. The van der Waals surface area contributed by atoms with Gasteiger partial charge in [-0.15, -0.1) is 0 Å². The minimum Gasteiger partial charge on any atom is -0.497 e. The highest BCUT2D eigenvalue weighted by atomic mass is 16.5. The molecule has 0 radical (unpaired) electrons. The fourth-order valence-electron chi connectivity index (χ4n) is 2.44. The first-order chi connectivity index (χ1) is 11.0. The summed E-state index contributed by atoms with van der Waals surface area (Å²) in [5, 5.41) is 0. The molecule has 23 heavy (non-hydrogen) atoms. The molecule has 1 aliphatic rings. The van der Waals surface area contributed by atoms with Crippen LogP contribution in [0.1, 0.15) is 42.1 Å². The summed E-state index contributed by atoms with van der Waals surface area (Å²) in [5.41, 5.74) is 8.72. The predicted octanol–water partition coefficient (Wildman–Crippen LogP) is 3.67. The van der Waals surface area contributed by atoms with Gasteiger partial charge in [0.25, 0.3) is 0 Å². The maximum absolute atomic E-state index is 12.8. The molecular formula is C19H23NO3. The van der Waals surface area contributed by atoms with Crippen molar-refractivity contribution in [3.63, 3.8) is 0 Å². The minimum atomic E-state index is -0.124. The Morgan fingerprint density at radius 1 is 1.13 bits per heavy atom. The zero-order chi connectivity index (χ0) is 17.0. The Labute approximate surface area is 137 Å². The van der Waals surface area contributed by atoms with Crippen LogP contribution in [0.2, 0.25) is 0 Å². The molecule has 2 rings (SSSR count). The summed E-state index contributed by atoms with van der Waals surface area (Å²) in [7, 11) is 3.12. The number of ether oxygens (including phenoxy) is 2. The van der Waals surface area contributed by atoms with Crippen molar-refractivity contribution < 1.29 is 14.3 Å². The van der Waals surface area contributed by atoms with Gasteiger partial charge in [-0.3, -0.25) is 4.79 Å². The van der Waals surface area contributed by atoms with Crippen LogP contribution in [-0.4, -0.2) is 20.0 Å². The first kappa shape index (κ1) is 16.9. The van der Waals surface area contributed by atoms with Gasteiger partial charge in [0.1, 0.15) is 5.76 Å². The van der Waals surface area contributed by atoms with Gasteiger partial charge in [-0.1, -0.05) is 44.2 Å². The maximum Gasteiger partial charge on any atom is 0.195 e. The SMILES string of the molecule is COC1=C(OC)CC=C(N)C(C(=O)c2ccc(C(C)C)cc2)=C1. The highest BCUT2D eigenvalue weighted by molar-refractivity contribution is 6.11. The number of benzene rings is 1. The lowest BCUT2D eigenvalue weighted by Gasteiger charge is -2.10. The van der Waals surface area contributed by atoms with Gasteiger partial charge >= 0.3 is 0 Å². The summed E-state index contributed by atoms with van der Waals surface area (Å²) in [5.74, 6) is 1.47. The van der Waals surface area contributed by atoms with Gasteiger partial charge in [0, 0.05) is 23.3 Å². The molecule has 1 aromatic rings. The number of carbonyl (C=O) groups is 1. The minimum absolute atomic E-state index is 0.124. The van der Waals surface area contributed by atoms with E-state index in [-0.39, 0.29) is 5.78 Å². The largest absolute Gasteiger partial charge is 0.497 e. The standard InChI is InChI=1S/C19H23NO3/c1-12(2)13-5-7-14(8-6-13)19(21)15-11-18(23-4)17(22-3)10-9-16(15)20/h5-9,11-12H,10,20H2,1-4H3. The molecule has 2 N–H and O–H groups in total. The molecule has 0 bridgehead atoms. The van der Waals surface area contributed by atoms with Crippen molar-refractivity contribution in [1.82, 2.24) is 0 Å². The van der Waals surface area contributed by atoms with E-state index < -0.39 is 0 Å². The molecule has 0 aliphatic heterocycles. The van der Waals surface area contributed by atoms with E-state index in [1.807, 2.05) is 24.3 Å². The number of hydrogen-bond donors (Lipinski definition) is 1. The number of hydrogen-bond acceptors (Lipinski definition) is 4. The molecule has 0 amide bonds. The molecule has 0 saturated heterocycles. The summed E-state index contributed by atoms with van der Waals surface area (Å²) in [6, 6.07) is 7.62. The number of allylic oxidation sites excluding steroid dienone is 3. The number of nitrogens with two attached hydrogens (primary N) is 1. The molecular weight excluding hydrogens is 290 g/mol. The smallest absolute Gasteiger partial charge is 0.195 e. The van der Waals surface area contributed by atoms with E-state index in [0.717, 1.165) is 0 Å². The van der Waals surface area contributed by atoms with Crippen molar-refractivity contribution in [2.45, 2.75) is 26.2 Å². The summed E-state index contributed by atoms with van der Waals surface area (Å²) in [4.78, 5) is 12.8. The molecule has 0 atom stereocenters. The Morgan fingerprint density at radius 3 is 2.30 bits per heavy atom. The van der Waals surface area contributed by atoms with Gasteiger partial charge < -0.3 is 15.2 Å². The monoisotopic (exact) mass is 313 g/mol. The third kappa shape index (κ3) is 3.65. The van der Waals surface area contributed by atoms with Gasteiger partial charge in [-0.05, 0) is 17.6 Å². The van der Waals surface area contributed by atoms with Gasteiger partial charge in [0.05, 0.1) is 14.2 Å². The fraction of sp³-hybridized carbons (Fsp3) is 0.316. The van der Waals surface area contributed by atoms with Gasteiger partial charge in [0.2, 0.25) is 0 Å². The molecule has 0 saturated carbocycles. The normalized spacial score (nSPS) is 15.0. The van der Waals surface area contributed by atoms with Crippen LogP contribution in [0, 0.1) is 0 Å². The summed E-state index contributed by atoms with van der Waals surface area (Å²) < 4.78 is 10.6. The van der Waals surface area contributed by atoms with Gasteiger partial charge in [-0.25, -0.2) is 0 Å². The van der Waals surface area contributed by atoms with Crippen LogP contribution in [0.25, 0.3) is 0 Å². The van der Waals surface area contributed by atoms with Crippen molar-refractivity contribution in [3.05, 3.63) is 70.3 Å². The quantitative estimate of drug-likeness (QED) is 0.843. The predicted molar refractivity (Wildman–Crippen MR) is 90.9 cm³/mol. The first-order valence-corrected chi connectivity index (χ1v) is 7.61.